The van der Waals surface area contributed by atoms with Crippen molar-refractivity contribution in [2.45, 2.75) is 0 Å². The Kier molecular flexibility index (Phi) is 5.47. The highest BCUT2D eigenvalue weighted by Crippen LogP contribution is 2.33. The molecule has 162 valence electrons. The molecular formula is C26H24N2O4. The highest BCUT2D eigenvalue weighted by molar-refractivity contribution is 6.26. The molecule has 5 rings (SSSR count). The van der Waals surface area contributed by atoms with E-state index < -0.39 is 0 Å². The third-order valence-corrected chi connectivity index (χ3v) is 6.07. The molecular weight excluding hydrogens is 404 g/mol. The standard InChI is InChI=1S/C26H24N2O4/c29-15-12-28-25(30)22-3-1-2-21-19(8-11-23(24(21)22)26(28)31)7-4-18-5-9-20(10-6-18)27-13-16-32-17-14-27/h1-11,29H,12-17H2/b7-4+. The summed E-state index contributed by atoms with van der Waals surface area (Å²) in [7, 11) is 0. The third-order valence-electron chi connectivity index (χ3n) is 6.07. The van der Waals surface area contributed by atoms with Gasteiger partial charge in [0, 0.05) is 35.3 Å². The first-order valence-electron chi connectivity index (χ1n) is 10.8. The molecule has 32 heavy (non-hydrogen) atoms. The molecule has 0 aromatic heterocycles. The molecule has 6 nitrogen and oxygen atoms in total. The van der Waals surface area contributed by atoms with Crippen LogP contribution in [0.4, 0.5) is 5.69 Å². The van der Waals surface area contributed by atoms with Crippen LogP contribution in [0.1, 0.15) is 31.8 Å². The fraction of sp³-hybridized carbons (Fsp3) is 0.231. The quantitative estimate of drug-likeness (QED) is 0.498. The van der Waals surface area contributed by atoms with Crippen LogP contribution in [0.2, 0.25) is 0 Å². The number of hydrogen-bond donors (Lipinski definition) is 1. The van der Waals surface area contributed by atoms with E-state index in [9.17, 15) is 14.7 Å². The van der Waals surface area contributed by atoms with Gasteiger partial charge in [0.25, 0.3) is 11.8 Å². The molecule has 0 spiro atoms. The Hall–Kier alpha value is -3.48. The van der Waals surface area contributed by atoms with Gasteiger partial charge in [-0.05, 0) is 40.8 Å². The third kappa shape index (κ3) is 3.57. The van der Waals surface area contributed by atoms with Crippen LogP contribution in [0.3, 0.4) is 0 Å². The van der Waals surface area contributed by atoms with Gasteiger partial charge in [0.2, 0.25) is 0 Å². The van der Waals surface area contributed by atoms with Crippen LogP contribution in [0.5, 0.6) is 0 Å². The Morgan fingerprint density at radius 3 is 2.31 bits per heavy atom. The highest BCUT2D eigenvalue weighted by atomic mass is 16.5. The second-order valence-corrected chi connectivity index (χ2v) is 7.94. The van der Waals surface area contributed by atoms with E-state index in [1.54, 1.807) is 12.1 Å². The molecule has 0 bridgehead atoms. The van der Waals surface area contributed by atoms with E-state index >= 15 is 0 Å². The van der Waals surface area contributed by atoms with E-state index in [0.717, 1.165) is 47.7 Å². The number of nitrogens with zero attached hydrogens (tertiary/aromatic N) is 2. The SMILES string of the molecule is O=C1c2cccc3c(/C=C/c4ccc(N5CCOCC5)cc4)ccc(c23)C(=O)N1CCO. The van der Waals surface area contributed by atoms with Gasteiger partial charge in [-0.3, -0.25) is 14.5 Å². The molecule has 1 saturated heterocycles. The molecule has 2 amide bonds. The molecule has 0 unspecified atom stereocenters. The largest absolute Gasteiger partial charge is 0.395 e. The summed E-state index contributed by atoms with van der Waals surface area (Å²) in [5, 5.41) is 10.8. The molecule has 0 aliphatic carbocycles. The van der Waals surface area contributed by atoms with Gasteiger partial charge in [-0.15, -0.1) is 0 Å². The first kappa shape index (κ1) is 20.4. The lowest BCUT2D eigenvalue weighted by molar-refractivity contribution is 0.0580. The van der Waals surface area contributed by atoms with Gasteiger partial charge in [-0.1, -0.05) is 42.5 Å². The molecule has 2 aliphatic heterocycles. The van der Waals surface area contributed by atoms with Gasteiger partial charge >= 0.3 is 0 Å². The molecule has 2 heterocycles. The molecule has 3 aromatic carbocycles. The number of imide groups is 1. The van der Waals surface area contributed by atoms with Gasteiger partial charge in [0.05, 0.1) is 26.4 Å². The number of carbonyl (C=O) groups is 2. The summed E-state index contributed by atoms with van der Waals surface area (Å²) in [6, 6.07) is 17.6. The maximum Gasteiger partial charge on any atom is 0.261 e. The lowest BCUT2D eigenvalue weighted by atomic mass is 9.91. The number of benzene rings is 3. The Morgan fingerprint density at radius 2 is 1.59 bits per heavy atom. The van der Waals surface area contributed by atoms with Crippen molar-refractivity contribution in [1.82, 2.24) is 4.90 Å². The summed E-state index contributed by atoms with van der Waals surface area (Å²) in [5.41, 5.74) is 4.20. The van der Waals surface area contributed by atoms with Crippen molar-refractivity contribution < 1.29 is 19.4 Å². The number of morpholine rings is 1. The summed E-state index contributed by atoms with van der Waals surface area (Å²) in [4.78, 5) is 29.1. The lowest BCUT2D eigenvalue weighted by Gasteiger charge is -2.28. The number of ether oxygens (including phenoxy) is 1. The van der Waals surface area contributed by atoms with Crippen molar-refractivity contribution in [3.63, 3.8) is 0 Å². The van der Waals surface area contributed by atoms with Crippen LogP contribution < -0.4 is 4.90 Å². The lowest BCUT2D eigenvalue weighted by Crippen LogP contribution is -2.41. The van der Waals surface area contributed by atoms with Crippen molar-refractivity contribution in [1.29, 1.82) is 0 Å². The van der Waals surface area contributed by atoms with Crippen molar-refractivity contribution in [3.05, 3.63) is 76.9 Å². The smallest absolute Gasteiger partial charge is 0.261 e. The van der Waals surface area contributed by atoms with Crippen molar-refractivity contribution in [3.8, 4) is 0 Å². The highest BCUT2D eigenvalue weighted by Gasteiger charge is 2.32. The Balaban J connectivity index is 1.46. The van der Waals surface area contributed by atoms with E-state index in [-0.39, 0.29) is 25.0 Å². The Morgan fingerprint density at radius 1 is 0.875 bits per heavy atom. The Bertz CT molecular complexity index is 1190. The summed E-state index contributed by atoms with van der Waals surface area (Å²) in [6.45, 7) is 3.07. The van der Waals surface area contributed by atoms with Crippen LogP contribution in [-0.4, -0.2) is 61.3 Å². The van der Waals surface area contributed by atoms with Gasteiger partial charge in [-0.25, -0.2) is 0 Å². The zero-order valence-corrected chi connectivity index (χ0v) is 17.7. The van der Waals surface area contributed by atoms with E-state index in [4.69, 9.17) is 4.74 Å². The normalized spacial score (nSPS) is 16.4. The number of aliphatic hydroxyl groups is 1. The predicted molar refractivity (Wildman–Crippen MR) is 125 cm³/mol. The van der Waals surface area contributed by atoms with Gasteiger partial charge in [0.15, 0.2) is 0 Å². The van der Waals surface area contributed by atoms with E-state index in [1.165, 1.54) is 5.69 Å². The van der Waals surface area contributed by atoms with Gasteiger partial charge < -0.3 is 14.7 Å². The minimum atomic E-state index is -0.359. The topological polar surface area (TPSA) is 70.1 Å². The maximum absolute atomic E-state index is 12.8. The van der Waals surface area contributed by atoms with Crippen molar-refractivity contribution >= 4 is 40.4 Å². The molecule has 0 atom stereocenters. The number of rotatable bonds is 5. The zero-order chi connectivity index (χ0) is 22.1. The van der Waals surface area contributed by atoms with Crippen molar-refractivity contribution in [2.75, 3.05) is 44.4 Å². The number of anilines is 1. The molecule has 1 fully saturated rings. The number of β-amino-alcohol motifs (C(OH)–C–C–N with tert-alkyl or cyclic N) is 1. The van der Waals surface area contributed by atoms with Gasteiger partial charge in [0.1, 0.15) is 0 Å². The molecule has 6 heteroatoms. The molecule has 2 aliphatic rings. The van der Waals surface area contributed by atoms with E-state index in [2.05, 4.69) is 29.2 Å². The maximum atomic E-state index is 12.8. The summed E-state index contributed by atoms with van der Waals surface area (Å²) in [5.74, 6) is -0.719. The fourth-order valence-electron chi connectivity index (χ4n) is 4.42. The zero-order valence-electron chi connectivity index (χ0n) is 17.7. The van der Waals surface area contributed by atoms with E-state index in [0.29, 0.717) is 16.5 Å². The second-order valence-electron chi connectivity index (χ2n) is 7.94. The predicted octanol–water partition coefficient (Wildman–Crippen LogP) is 3.44. The molecule has 1 N–H and O–H groups in total. The van der Waals surface area contributed by atoms with Crippen LogP contribution in [0.25, 0.3) is 22.9 Å². The fourth-order valence-corrected chi connectivity index (χ4v) is 4.42. The second kappa shape index (κ2) is 8.57. The number of hydrogen-bond acceptors (Lipinski definition) is 5. The summed E-state index contributed by atoms with van der Waals surface area (Å²) >= 11 is 0. The minimum Gasteiger partial charge on any atom is -0.395 e. The van der Waals surface area contributed by atoms with Gasteiger partial charge in [-0.2, -0.15) is 0 Å². The molecule has 3 aromatic rings. The molecule has 0 radical (unpaired) electrons. The number of aliphatic hydroxyl groups excluding tert-OH is 1. The minimum absolute atomic E-state index is 0.00437. The van der Waals surface area contributed by atoms with Crippen LogP contribution in [0, 0.1) is 0 Å². The van der Waals surface area contributed by atoms with Crippen LogP contribution >= 0.6 is 0 Å². The van der Waals surface area contributed by atoms with Crippen LogP contribution in [0.15, 0.2) is 54.6 Å². The summed E-state index contributed by atoms with van der Waals surface area (Å²) < 4.78 is 5.42. The number of amides is 2. The average molecular weight is 428 g/mol. The first-order chi connectivity index (χ1) is 15.7. The van der Waals surface area contributed by atoms with Crippen LogP contribution in [-0.2, 0) is 4.74 Å². The Labute approximate surface area is 186 Å². The van der Waals surface area contributed by atoms with Crippen molar-refractivity contribution in [2.24, 2.45) is 0 Å². The monoisotopic (exact) mass is 428 g/mol. The summed E-state index contributed by atoms with van der Waals surface area (Å²) in [6.07, 6.45) is 4.05. The average Bonchev–Trinajstić information content (AvgIpc) is 2.85. The molecule has 0 saturated carbocycles. The first-order valence-corrected chi connectivity index (χ1v) is 10.8. The van der Waals surface area contributed by atoms with E-state index in [1.807, 2.05) is 30.4 Å². The number of carbonyl (C=O) groups excluding carboxylic acids is 2.